The van der Waals surface area contributed by atoms with Crippen LogP contribution < -0.4 is 0 Å². The molecule has 0 atom stereocenters. The van der Waals surface area contributed by atoms with Gasteiger partial charge in [-0.2, -0.15) is 0 Å². The number of aromatic nitrogens is 1. The highest BCUT2D eigenvalue weighted by Gasteiger charge is 2.22. The second kappa shape index (κ2) is 5.19. The van der Waals surface area contributed by atoms with Gasteiger partial charge >= 0.3 is 5.97 Å². The van der Waals surface area contributed by atoms with Crippen LogP contribution in [0.25, 0.3) is 0 Å². The predicted octanol–water partition coefficient (Wildman–Crippen LogP) is 1.75. The van der Waals surface area contributed by atoms with E-state index in [0.717, 1.165) is 0 Å². The Morgan fingerprint density at radius 1 is 1.11 bits per heavy atom. The lowest BCUT2D eigenvalue weighted by Crippen LogP contribution is -2.11. The van der Waals surface area contributed by atoms with Crippen LogP contribution in [0.5, 0.6) is 0 Å². The lowest BCUT2D eigenvalue weighted by Gasteiger charge is -2.07. The Bertz CT molecular complexity index is 696. The molecule has 0 unspecified atom stereocenters. The quantitative estimate of drug-likeness (QED) is 0.920. The highest BCUT2D eigenvalue weighted by atomic mass is 32.2. The van der Waals surface area contributed by atoms with E-state index in [2.05, 4.69) is 4.98 Å². The Labute approximate surface area is 110 Å². The van der Waals surface area contributed by atoms with Gasteiger partial charge in [0.05, 0.1) is 21.9 Å². The molecule has 0 spiro atoms. The van der Waals surface area contributed by atoms with Gasteiger partial charge in [0.2, 0.25) is 0 Å². The van der Waals surface area contributed by atoms with Crippen LogP contribution in [0.2, 0.25) is 0 Å². The summed E-state index contributed by atoms with van der Waals surface area (Å²) >= 11 is 0. The van der Waals surface area contributed by atoms with Gasteiger partial charge in [-0.05, 0) is 24.3 Å². The van der Waals surface area contributed by atoms with Crippen LogP contribution in [-0.2, 0) is 15.6 Å². The van der Waals surface area contributed by atoms with E-state index >= 15 is 0 Å². The molecule has 98 valence electrons. The molecule has 1 heterocycles. The van der Waals surface area contributed by atoms with Crippen molar-refractivity contribution in [2.75, 3.05) is 0 Å². The molecule has 5 nitrogen and oxygen atoms in total. The van der Waals surface area contributed by atoms with Crippen molar-refractivity contribution in [2.45, 2.75) is 10.6 Å². The van der Waals surface area contributed by atoms with Gasteiger partial charge in [-0.15, -0.1) is 0 Å². The molecule has 0 amide bonds. The van der Waals surface area contributed by atoms with Crippen LogP contribution in [0, 0.1) is 0 Å². The summed E-state index contributed by atoms with van der Waals surface area (Å²) in [4.78, 5) is 14.8. The third kappa shape index (κ3) is 2.97. The summed E-state index contributed by atoms with van der Waals surface area (Å²) in [5.41, 5.74) is 0.154. The fourth-order valence-corrected chi connectivity index (χ4v) is 3.16. The highest BCUT2D eigenvalue weighted by Crippen LogP contribution is 2.19. The first-order valence-corrected chi connectivity index (χ1v) is 7.11. The predicted molar refractivity (Wildman–Crippen MR) is 68.5 cm³/mol. The fourth-order valence-electron chi connectivity index (χ4n) is 1.67. The first-order valence-electron chi connectivity index (χ1n) is 5.46. The van der Waals surface area contributed by atoms with Gasteiger partial charge in [0, 0.05) is 6.20 Å². The SMILES string of the molecule is O=C(O)c1ccccc1S(=O)(=O)Cc1ccccn1. The van der Waals surface area contributed by atoms with Gasteiger partial charge in [-0.1, -0.05) is 18.2 Å². The smallest absolute Gasteiger partial charge is 0.337 e. The summed E-state index contributed by atoms with van der Waals surface area (Å²) in [5, 5.41) is 9.02. The number of rotatable bonds is 4. The van der Waals surface area contributed by atoms with Crippen molar-refractivity contribution in [3.05, 3.63) is 59.9 Å². The first-order chi connectivity index (χ1) is 9.00. The summed E-state index contributed by atoms with van der Waals surface area (Å²) < 4.78 is 24.4. The Morgan fingerprint density at radius 2 is 1.79 bits per heavy atom. The topological polar surface area (TPSA) is 84.3 Å². The molecule has 0 radical (unpaired) electrons. The summed E-state index contributed by atoms with van der Waals surface area (Å²) in [7, 11) is -3.73. The van der Waals surface area contributed by atoms with E-state index in [4.69, 9.17) is 5.11 Å². The van der Waals surface area contributed by atoms with Crippen molar-refractivity contribution in [1.82, 2.24) is 4.98 Å². The maximum atomic E-state index is 12.2. The molecule has 6 heteroatoms. The molecule has 19 heavy (non-hydrogen) atoms. The van der Waals surface area contributed by atoms with Crippen molar-refractivity contribution in [3.8, 4) is 0 Å². The third-order valence-electron chi connectivity index (χ3n) is 2.52. The molecule has 0 saturated heterocycles. The lowest BCUT2D eigenvalue weighted by atomic mass is 10.2. The molecule has 0 bridgehead atoms. The molecule has 1 N–H and O–H groups in total. The number of benzene rings is 1. The van der Waals surface area contributed by atoms with Gasteiger partial charge < -0.3 is 5.11 Å². The van der Waals surface area contributed by atoms with Crippen LogP contribution in [0.15, 0.2) is 53.6 Å². The molecule has 0 aliphatic carbocycles. The zero-order valence-electron chi connectivity index (χ0n) is 9.85. The van der Waals surface area contributed by atoms with E-state index in [1.807, 2.05) is 0 Å². The van der Waals surface area contributed by atoms with Gasteiger partial charge in [0.15, 0.2) is 9.84 Å². The fraction of sp³-hybridized carbons (Fsp3) is 0.0769. The number of carboxylic acids is 1. The number of sulfone groups is 1. The average Bonchev–Trinajstić information content (AvgIpc) is 2.39. The van der Waals surface area contributed by atoms with E-state index in [0.29, 0.717) is 5.69 Å². The van der Waals surface area contributed by atoms with Crippen LogP contribution in [0.4, 0.5) is 0 Å². The molecule has 0 aliphatic heterocycles. The number of hydrogen-bond donors (Lipinski definition) is 1. The van der Waals surface area contributed by atoms with E-state index < -0.39 is 15.8 Å². The Morgan fingerprint density at radius 3 is 2.42 bits per heavy atom. The Kier molecular flexibility index (Phi) is 3.62. The second-order valence-corrected chi connectivity index (χ2v) is 5.84. The number of hydrogen-bond acceptors (Lipinski definition) is 4. The number of carboxylic acid groups (broad SMARTS) is 1. The van der Waals surface area contributed by atoms with Gasteiger partial charge in [-0.3, -0.25) is 4.98 Å². The maximum absolute atomic E-state index is 12.2. The van der Waals surface area contributed by atoms with Crippen molar-refractivity contribution < 1.29 is 18.3 Å². The molecular formula is C13H11NO4S. The molecule has 0 saturated carbocycles. The van der Waals surface area contributed by atoms with Crippen molar-refractivity contribution >= 4 is 15.8 Å². The summed E-state index contributed by atoms with van der Waals surface area (Å²) in [6.45, 7) is 0. The first kappa shape index (κ1) is 13.2. The molecule has 1 aromatic carbocycles. The normalized spacial score (nSPS) is 11.2. The van der Waals surface area contributed by atoms with Crippen LogP contribution in [0.3, 0.4) is 0 Å². The van der Waals surface area contributed by atoms with Crippen molar-refractivity contribution in [2.24, 2.45) is 0 Å². The number of aromatic carboxylic acids is 1. The standard InChI is InChI=1S/C13H11NO4S/c15-13(16)11-6-1-2-7-12(11)19(17,18)9-10-5-3-4-8-14-10/h1-8H,9H2,(H,15,16). The zero-order valence-corrected chi connectivity index (χ0v) is 10.7. The zero-order chi connectivity index (χ0) is 13.9. The number of carbonyl (C=O) groups is 1. The molecule has 2 aromatic rings. The average molecular weight is 277 g/mol. The largest absolute Gasteiger partial charge is 0.478 e. The minimum absolute atomic E-state index is 0.187. The summed E-state index contributed by atoms with van der Waals surface area (Å²) in [6, 6.07) is 10.5. The summed E-state index contributed by atoms with van der Waals surface area (Å²) in [6.07, 6.45) is 1.49. The monoisotopic (exact) mass is 277 g/mol. The Hall–Kier alpha value is -2.21. The van der Waals surface area contributed by atoms with Crippen LogP contribution in [0.1, 0.15) is 16.1 Å². The van der Waals surface area contributed by atoms with Crippen LogP contribution in [-0.4, -0.2) is 24.5 Å². The highest BCUT2D eigenvalue weighted by molar-refractivity contribution is 7.90. The van der Waals surface area contributed by atoms with Gasteiger partial charge in [-0.25, -0.2) is 13.2 Å². The molecule has 2 rings (SSSR count). The maximum Gasteiger partial charge on any atom is 0.337 e. The van der Waals surface area contributed by atoms with E-state index in [9.17, 15) is 13.2 Å². The minimum atomic E-state index is -3.73. The minimum Gasteiger partial charge on any atom is -0.478 e. The van der Waals surface area contributed by atoms with Gasteiger partial charge in [0.25, 0.3) is 0 Å². The van der Waals surface area contributed by atoms with E-state index in [-0.39, 0.29) is 16.2 Å². The number of nitrogens with zero attached hydrogens (tertiary/aromatic N) is 1. The lowest BCUT2D eigenvalue weighted by molar-refractivity contribution is 0.0692. The van der Waals surface area contributed by atoms with E-state index in [1.165, 1.54) is 30.5 Å². The third-order valence-corrected chi connectivity index (χ3v) is 4.22. The molecule has 0 aliphatic rings. The van der Waals surface area contributed by atoms with Gasteiger partial charge in [0.1, 0.15) is 0 Å². The molecule has 1 aromatic heterocycles. The van der Waals surface area contributed by atoms with E-state index in [1.54, 1.807) is 18.2 Å². The molecule has 0 fully saturated rings. The van der Waals surface area contributed by atoms with Crippen LogP contribution >= 0.6 is 0 Å². The van der Waals surface area contributed by atoms with Crippen molar-refractivity contribution in [3.63, 3.8) is 0 Å². The second-order valence-electron chi connectivity index (χ2n) is 3.88. The number of pyridine rings is 1. The molecular weight excluding hydrogens is 266 g/mol. The van der Waals surface area contributed by atoms with Crippen molar-refractivity contribution in [1.29, 1.82) is 0 Å². The Balaban J connectivity index is 2.43. The summed E-state index contributed by atoms with van der Waals surface area (Å²) in [5.74, 6) is -1.59.